The van der Waals surface area contributed by atoms with E-state index in [1.54, 1.807) is 22.8 Å². The van der Waals surface area contributed by atoms with E-state index in [9.17, 15) is 4.79 Å². The van der Waals surface area contributed by atoms with Gasteiger partial charge < -0.3 is 0 Å². The van der Waals surface area contributed by atoms with Crippen LogP contribution in [0.4, 0.5) is 0 Å². The highest BCUT2D eigenvalue weighted by Gasteiger charge is 2.17. The van der Waals surface area contributed by atoms with Gasteiger partial charge >= 0.3 is 0 Å². The quantitative estimate of drug-likeness (QED) is 0.528. The molecule has 0 aliphatic heterocycles. The first kappa shape index (κ1) is 16.4. The molecule has 0 bridgehead atoms. The molecule has 0 saturated heterocycles. The van der Waals surface area contributed by atoms with Crippen LogP contribution >= 0.6 is 23.1 Å². The highest BCUT2D eigenvalue weighted by molar-refractivity contribution is 7.99. The maximum Gasteiger partial charge on any atom is 0.263 e. The second-order valence-electron chi connectivity index (χ2n) is 5.03. The van der Waals surface area contributed by atoms with E-state index < -0.39 is 0 Å². The predicted octanol–water partition coefficient (Wildman–Crippen LogP) is 3.07. The summed E-state index contributed by atoms with van der Waals surface area (Å²) in [6.45, 7) is 8.00. The van der Waals surface area contributed by atoms with Gasteiger partial charge in [-0.05, 0) is 43.3 Å². The summed E-state index contributed by atoms with van der Waals surface area (Å²) in [4.78, 5) is 19.3. The molecule has 24 heavy (non-hydrogen) atoms. The minimum absolute atomic E-state index is 0.0779. The van der Waals surface area contributed by atoms with E-state index in [1.165, 1.54) is 23.1 Å². The highest BCUT2D eigenvalue weighted by Crippen LogP contribution is 2.30. The molecule has 0 atom stereocenters. The molecule has 3 aromatic rings. The Bertz CT molecular complexity index is 1030. The van der Waals surface area contributed by atoms with Crippen molar-refractivity contribution in [2.24, 2.45) is 0 Å². The molecule has 0 unspecified atom stereocenters. The zero-order valence-corrected chi connectivity index (χ0v) is 14.7. The SMILES string of the molecule is C=CCn1c(Sc2ccc(C#N)nn2)nc2sc(C)c(C)c2c1=O. The van der Waals surface area contributed by atoms with Crippen LogP contribution in [0.15, 0.2) is 39.8 Å². The molecular formula is C16H13N5OS2. The number of thiophene rings is 1. The molecule has 0 spiro atoms. The molecule has 0 amide bonds. The van der Waals surface area contributed by atoms with Crippen molar-refractivity contribution in [1.82, 2.24) is 19.7 Å². The summed E-state index contributed by atoms with van der Waals surface area (Å²) in [6, 6.07) is 5.20. The second-order valence-corrected chi connectivity index (χ2v) is 7.22. The van der Waals surface area contributed by atoms with Crippen LogP contribution in [0, 0.1) is 25.2 Å². The van der Waals surface area contributed by atoms with Crippen LogP contribution in [-0.2, 0) is 6.54 Å². The topological polar surface area (TPSA) is 84.5 Å². The fraction of sp³-hybridized carbons (Fsp3) is 0.188. The lowest BCUT2D eigenvalue weighted by Crippen LogP contribution is -2.22. The fourth-order valence-electron chi connectivity index (χ4n) is 2.20. The zero-order chi connectivity index (χ0) is 17.3. The van der Waals surface area contributed by atoms with E-state index in [2.05, 4.69) is 21.8 Å². The Kier molecular flexibility index (Phi) is 4.46. The molecule has 0 aliphatic carbocycles. The number of fused-ring (bicyclic) bond motifs is 1. The van der Waals surface area contributed by atoms with E-state index in [4.69, 9.17) is 5.26 Å². The number of hydrogen-bond acceptors (Lipinski definition) is 7. The van der Waals surface area contributed by atoms with Crippen LogP contribution < -0.4 is 5.56 Å². The molecule has 6 nitrogen and oxygen atoms in total. The van der Waals surface area contributed by atoms with E-state index in [-0.39, 0.29) is 11.3 Å². The summed E-state index contributed by atoms with van der Waals surface area (Å²) >= 11 is 2.75. The number of nitrogens with zero attached hydrogens (tertiary/aromatic N) is 5. The molecule has 120 valence electrons. The molecule has 3 rings (SSSR count). The summed E-state index contributed by atoms with van der Waals surface area (Å²) in [7, 11) is 0. The van der Waals surface area contributed by atoms with Crippen molar-refractivity contribution in [2.75, 3.05) is 0 Å². The summed E-state index contributed by atoms with van der Waals surface area (Å²) in [5, 5.41) is 18.4. The molecule has 0 aliphatic rings. The van der Waals surface area contributed by atoms with Crippen molar-refractivity contribution < 1.29 is 0 Å². The third-order valence-electron chi connectivity index (χ3n) is 3.52. The number of aryl methyl sites for hydroxylation is 2. The van der Waals surface area contributed by atoms with Crippen molar-refractivity contribution in [3.63, 3.8) is 0 Å². The first-order chi connectivity index (χ1) is 11.5. The van der Waals surface area contributed by atoms with Gasteiger partial charge in [0.2, 0.25) is 0 Å². The molecule has 0 fully saturated rings. The van der Waals surface area contributed by atoms with Crippen LogP contribution in [0.25, 0.3) is 10.2 Å². The van der Waals surface area contributed by atoms with Crippen LogP contribution in [0.3, 0.4) is 0 Å². The van der Waals surface area contributed by atoms with E-state index in [1.807, 2.05) is 19.9 Å². The standard InChI is InChI=1S/C16H13N5OS2/c1-4-7-21-15(22)13-9(2)10(3)23-14(13)18-16(21)24-12-6-5-11(8-17)19-20-12/h4-6H,1,7H2,2-3H3. The first-order valence-electron chi connectivity index (χ1n) is 7.08. The van der Waals surface area contributed by atoms with Gasteiger partial charge in [0.15, 0.2) is 10.9 Å². The Hall–Kier alpha value is -2.50. The van der Waals surface area contributed by atoms with E-state index in [0.717, 1.165) is 15.3 Å². The maximum absolute atomic E-state index is 12.9. The maximum atomic E-state index is 12.9. The monoisotopic (exact) mass is 355 g/mol. The van der Waals surface area contributed by atoms with Crippen LogP contribution in [0.2, 0.25) is 0 Å². The number of rotatable bonds is 4. The van der Waals surface area contributed by atoms with Gasteiger partial charge in [-0.2, -0.15) is 5.26 Å². The van der Waals surface area contributed by atoms with Gasteiger partial charge in [0.25, 0.3) is 5.56 Å². The smallest absolute Gasteiger partial charge is 0.263 e. The van der Waals surface area contributed by atoms with E-state index in [0.29, 0.717) is 22.1 Å². The fourth-order valence-corrected chi connectivity index (χ4v) is 4.09. The molecular weight excluding hydrogens is 342 g/mol. The molecule has 8 heteroatoms. The lowest BCUT2D eigenvalue weighted by atomic mass is 10.2. The molecule has 0 aromatic carbocycles. The Balaban J connectivity index is 2.15. The van der Waals surface area contributed by atoms with Crippen LogP contribution in [0.1, 0.15) is 16.1 Å². The van der Waals surface area contributed by atoms with Crippen molar-refractivity contribution >= 4 is 33.3 Å². The van der Waals surface area contributed by atoms with Gasteiger partial charge in [-0.25, -0.2) is 4.98 Å². The Morgan fingerprint density at radius 3 is 2.83 bits per heavy atom. The van der Waals surface area contributed by atoms with Gasteiger partial charge in [-0.15, -0.1) is 28.1 Å². The summed E-state index contributed by atoms with van der Waals surface area (Å²) in [6.07, 6.45) is 1.66. The molecule has 3 aromatic heterocycles. The number of hydrogen-bond donors (Lipinski definition) is 0. The minimum Gasteiger partial charge on any atom is -0.283 e. The summed E-state index contributed by atoms with van der Waals surface area (Å²) in [5.41, 5.74) is 1.14. The van der Waals surface area contributed by atoms with Gasteiger partial charge in [0, 0.05) is 11.4 Å². The highest BCUT2D eigenvalue weighted by atomic mass is 32.2. The number of allylic oxidation sites excluding steroid dienone is 1. The second kappa shape index (κ2) is 6.55. The number of aromatic nitrogens is 4. The lowest BCUT2D eigenvalue weighted by Gasteiger charge is -2.09. The third kappa shape index (κ3) is 2.84. The summed E-state index contributed by atoms with van der Waals surface area (Å²) in [5.74, 6) is 0. The minimum atomic E-state index is -0.0779. The predicted molar refractivity (Wildman–Crippen MR) is 94.4 cm³/mol. The Morgan fingerprint density at radius 1 is 1.42 bits per heavy atom. The third-order valence-corrected chi connectivity index (χ3v) is 5.54. The van der Waals surface area contributed by atoms with Gasteiger partial charge in [0.1, 0.15) is 15.9 Å². The van der Waals surface area contributed by atoms with Crippen LogP contribution in [-0.4, -0.2) is 19.7 Å². The van der Waals surface area contributed by atoms with Crippen molar-refractivity contribution in [3.05, 3.63) is 51.3 Å². The van der Waals surface area contributed by atoms with Crippen molar-refractivity contribution in [2.45, 2.75) is 30.6 Å². The van der Waals surface area contributed by atoms with Gasteiger partial charge in [0.05, 0.1) is 5.39 Å². The Morgan fingerprint density at radius 2 is 2.21 bits per heavy atom. The Labute approximate surface area is 146 Å². The first-order valence-corrected chi connectivity index (χ1v) is 8.71. The molecule has 3 heterocycles. The number of nitriles is 1. The van der Waals surface area contributed by atoms with Crippen molar-refractivity contribution in [3.8, 4) is 6.07 Å². The zero-order valence-electron chi connectivity index (χ0n) is 13.1. The normalized spacial score (nSPS) is 10.7. The average molecular weight is 355 g/mol. The summed E-state index contributed by atoms with van der Waals surface area (Å²) < 4.78 is 1.58. The molecule has 0 N–H and O–H groups in total. The van der Waals surface area contributed by atoms with Gasteiger partial charge in [-0.1, -0.05) is 6.08 Å². The molecule has 0 radical (unpaired) electrons. The lowest BCUT2D eigenvalue weighted by molar-refractivity contribution is 0.671. The van der Waals surface area contributed by atoms with Crippen LogP contribution in [0.5, 0.6) is 0 Å². The van der Waals surface area contributed by atoms with Crippen molar-refractivity contribution in [1.29, 1.82) is 5.26 Å². The largest absolute Gasteiger partial charge is 0.283 e. The van der Waals surface area contributed by atoms with E-state index >= 15 is 0 Å². The molecule has 0 saturated carbocycles. The van der Waals surface area contributed by atoms with Gasteiger partial charge in [-0.3, -0.25) is 9.36 Å². The average Bonchev–Trinajstić information content (AvgIpc) is 2.86.